The number of carbonyl (C=O) groups excluding carboxylic acids is 1. The Bertz CT molecular complexity index is 531. The summed E-state index contributed by atoms with van der Waals surface area (Å²) in [5, 5.41) is 10.6. The van der Waals surface area contributed by atoms with Crippen LogP contribution in [0.4, 0.5) is 0 Å². The molecule has 2 heterocycles. The number of hydrazone groups is 1. The van der Waals surface area contributed by atoms with E-state index in [1.165, 1.54) is 37.7 Å². The lowest BCUT2D eigenvalue weighted by atomic mass is 9.67. The van der Waals surface area contributed by atoms with E-state index in [2.05, 4.69) is 28.9 Å². The first kappa shape index (κ1) is 14.8. The highest BCUT2D eigenvalue weighted by Crippen LogP contribution is 2.43. The summed E-state index contributed by atoms with van der Waals surface area (Å²) in [6, 6.07) is 2.13. The van der Waals surface area contributed by atoms with E-state index in [9.17, 15) is 4.79 Å². The fourth-order valence-electron chi connectivity index (χ4n) is 3.72. The zero-order valence-electron chi connectivity index (χ0n) is 13.0. The third kappa shape index (κ3) is 2.66. The molecule has 0 aromatic carbocycles. The summed E-state index contributed by atoms with van der Waals surface area (Å²) in [7, 11) is 0. The summed E-state index contributed by atoms with van der Waals surface area (Å²) in [5.74, 6) is 0.704. The van der Waals surface area contributed by atoms with Gasteiger partial charge in [0, 0.05) is 6.54 Å². The van der Waals surface area contributed by atoms with E-state index >= 15 is 0 Å². The molecule has 0 radical (unpaired) electrons. The summed E-state index contributed by atoms with van der Waals surface area (Å²) in [6.45, 7) is 4.86. The molecule has 1 fully saturated rings. The molecule has 0 bridgehead atoms. The predicted octanol–water partition coefficient (Wildman–Crippen LogP) is 4.10. The maximum Gasteiger partial charge on any atom is 0.254 e. The van der Waals surface area contributed by atoms with Crippen LogP contribution in [0.1, 0.15) is 51.5 Å². The Morgan fingerprint density at radius 3 is 2.81 bits per heavy atom. The van der Waals surface area contributed by atoms with Crippen molar-refractivity contribution in [3.8, 4) is 0 Å². The van der Waals surface area contributed by atoms with Gasteiger partial charge in [0.25, 0.3) is 5.91 Å². The number of amides is 1. The second kappa shape index (κ2) is 5.91. The Morgan fingerprint density at radius 1 is 1.38 bits per heavy atom. The van der Waals surface area contributed by atoms with Crippen LogP contribution >= 0.6 is 11.3 Å². The van der Waals surface area contributed by atoms with E-state index in [1.54, 1.807) is 16.3 Å². The molecule has 1 aliphatic carbocycles. The average molecular weight is 304 g/mol. The van der Waals surface area contributed by atoms with E-state index in [0.717, 1.165) is 12.1 Å². The molecule has 1 aromatic rings. The van der Waals surface area contributed by atoms with Gasteiger partial charge in [-0.3, -0.25) is 4.79 Å². The van der Waals surface area contributed by atoms with Crippen molar-refractivity contribution in [2.75, 3.05) is 6.54 Å². The molecule has 1 unspecified atom stereocenters. The molecule has 1 atom stereocenters. The van der Waals surface area contributed by atoms with Crippen LogP contribution in [-0.2, 0) is 11.2 Å². The molecule has 0 N–H and O–H groups in total. The Balaban J connectivity index is 1.70. The van der Waals surface area contributed by atoms with Gasteiger partial charge in [0.1, 0.15) is 0 Å². The predicted molar refractivity (Wildman–Crippen MR) is 87.5 cm³/mol. The molecule has 0 spiro atoms. The first-order chi connectivity index (χ1) is 10.1. The van der Waals surface area contributed by atoms with Crippen LogP contribution in [0.25, 0.3) is 0 Å². The number of hydrogen-bond donors (Lipinski definition) is 0. The highest BCUT2D eigenvalue weighted by molar-refractivity contribution is 7.07. The minimum atomic E-state index is -0.352. The van der Waals surface area contributed by atoms with Gasteiger partial charge in [-0.15, -0.1) is 0 Å². The van der Waals surface area contributed by atoms with Gasteiger partial charge in [-0.25, -0.2) is 5.01 Å². The van der Waals surface area contributed by atoms with Crippen LogP contribution < -0.4 is 0 Å². The summed E-state index contributed by atoms with van der Waals surface area (Å²) >= 11 is 1.71. The molecule has 1 saturated carbocycles. The van der Waals surface area contributed by atoms with Crippen LogP contribution in [0.2, 0.25) is 0 Å². The van der Waals surface area contributed by atoms with E-state index < -0.39 is 0 Å². The van der Waals surface area contributed by atoms with Crippen LogP contribution in [0.3, 0.4) is 0 Å². The van der Waals surface area contributed by atoms with Crippen molar-refractivity contribution in [1.29, 1.82) is 0 Å². The lowest BCUT2D eigenvalue weighted by molar-refractivity contribution is -0.138. The molecule has 0 saturated heterocycles. The van der Waals surface area contributed by atoms with E-state index in [-0.39, 0.29) is 11.3 Å². The van der Waals surface area contributed by atoms with E-state index in [1.807, 2.05) is 6.92 Å². The maximum absolute atomic E-state index is 12.9. The number of hydrogen-bond acceptors (Lipinski definition) is 3. The SMILES string of the molecule is CC1=NN(CCc2ccsc2)C(=O)C1(C)C1CCCCC1. The van der Waals surface area contributed by atoms with Gasteiger partial charge < -0.3 is 0 Å². The largest absolute Gasteiger partial charge is 0.272 e. The molecular formula is C17H24N2OS. The molecule has 2 aliphatic rings. The molecule has 4 heteroatoms. The van der Waals surface area contributed by atoms with Crippen molar-refractivity contribution < 1.29 is 4.79 Å². The highest BCUT2D eigenvalue weighted by Gasteiger charge is 2.50. The molecular weight excluding hydrogens is 280 g/mol. The Hall–Kier alpha value is -1.16. The molecule has 3 nitrogen and oxygen atoms in total. The van der Waals surface area contributed by atoms with Gasteiger partial charge in [-0.1, -0.05) is 19.3 Å². The van der Waals surface area contributed by atoms with E-state index in [4.69, 9.17) is 0 Å². The van der Waals surface area contributed by atoms with Crippen LogP contribution in [-0.4, -0.2) is 23.2 Å². The first-order valence-corrected chi connectivity index (χ1v) is 8.95. The van der Waals surface area contributed by atoms with Gasteiger partial charge in [0.15, 0.2) is 0 Å². The minimum absolute atomic E-state index is 0.224. The summed E-state index contributed by atoms with van der Waals surface area (Å²) in [4.78, 5) is 12.9. The van der Waals surface area contributed by atoms with Crippen molar-refractivity contribution in [1.82, 2.24) is 5.01 Å². The number of thiophene rings is 1. The zero-order chi connectivity index (χ0) is 14.9. The number of rotatable bonds is 4. The zero-order valence-corrected chi connectivity index (χ0v) is 13.8. The van der Waals surface area contributed by atoms with Gasteiger partial charge in [-0.05, 0) is 61.4 Å². The van der Waals surface area contributed by atoms with Crippen LogP contribution in [0.15, 0.2) is 21.9 Å². The fourth-order valence-corrected chi connectivity index (χ4v) is 4.43. The summed E-state index contributed by atoms with van der Waals surface area (Å²) in [5.41, 5.74) is 1.96. The van der Waals surface area contributed by atoms with E-state index in [0.29, 0.717) is 12.5 Å². The monoisotopic (exact) mass is 304 g/mol. The number of carbonyl (C=O) groups is 1. The normalized spacial score (nSPS) is 27.2. The van der Waals surface area contributed by atoms with Crippen molar-refractivity contribution in [3.05, 3.63) is 22.4 Å². The highest BCUT2D eigenvalue weighted by atomic mass is 32.1. The third-order valence-electron chi connectivity index (χ3n) is 5.32. The molecule has 1 amide bonds. The topological polar surface area (TPSA) is 32.7 Å². The lowest BCUT2D eigenvalue weighted by Crippen LogP contribution is -2.43. The Morgan fingerprint density at radius 2 is 2.14 bits per heavy atom. The van der Waals surface area contributed by atoms with Crippen molar-refractivity contribution >= 4 is 23.0 Å². The molecule has 114 valence electrons. The van der Waals surface area contributed by atoms with Crippen molar-refractivity contribution in [3.63, 3.8) is 0 Å². The summed E-state index contributed by atoms with van der Waals surface area (Å²) in [6.07, 6.45) is 7.08. The van der Waals surface area contributed by atoms with Crippen molar-refractivity contribution in [2.24, 2.45) is 16.4 Å². The van der Waals surface area contributed by atoms with Gasteiger partial charge in [-0.2, -0.15) is 16.4 Å². The molecule has 1 aromatic heterocycles. The average Bonchev–Trinajstić information content (AvgIpc) is 3.10. The summed E-state index contributed by atoms with van der Waals surface area (Å²) < 4.78 is 0. The van der Waals surface area contributed by atoms with Gasteiger partial charge >= 0.3 is 0 Å². The number of nitrogens with zero attached hydrogens (tertiary/aromatic N) is 2. The minimum Gasteiger partial charge on any atom is -0.272 e. The van der Waals surface area contributed by atoms with Crippen LogP contribution in [0, 0.1) is 11.3 Å². The van der Waals surface area contributed by atoms with Gasteiger partial charge in [0.05, 0.1) is 11.1 Å². The third-order valence-corrected chi connectivity index (χ3v) is 6.05. The van der Waals surface area contributed by atoms with Crippen LogP contribution in [0.5, 0.6) is 0 Å². The molecule has 21 heavy (non-hydrogen) atoms. The molecule has 1 aliphatic heterocycles. The lowest BCUT2D eigenvalue weighted by Gasteiger charge is -2.35. The van der Waals surface area contributed by atoms with Gasteiger partial charge in [0.2, 0.25) is 0 Å². The first-order valence-electron chi connectivity index (χ1n) is 8.01. The Kier molecular flexibility index (Phi) is 4.16. The standard InChI is InChI=1S/C17H24N2OS/c1-13-17(2,15-6-4-3-5-7-15)16(20)19(18-13)10-8-14-9-11-21-12-14/h9,11-12,15H,3-8,10H2,1-2H3. The second-order valence-electron chi connectivity index (χ2n) is 6.53. The Labute approximate surface area is 131 Å². The maximum atomic E-state index is 12.9. The smallest absolute Gasteiger partial charge is 0.254 e. The second-order valence-corrected chi connectivity index (χ2v) is 7.31. The quantitative estimate of drug-likeness (QED) is 0.824. The van der Waals surface area contributed by atoms with Crippen molar-refractivity contribution in [2.45, 2.75) is 52.4 Å². The molecule has 3 rings (SSSR count). The fraction of sp³-hybridized carbons (Fsp3) is 0.647.